The maximum atomic E-state index is 15.1. The molecule has 4 N–H and O–H groups in total. The highest BCUT2D eigenvalue weighted by atomic mass is 35.5. The second-order valence-electron chi connectivity index (χ2n) is 9.18. The third-order valence-corrected chi connectivity index (χ3v) is 9.36. The number of rotatable bonds is 8. The molecule has 0 bridgehead atoms. The van der Waals surface area contributed by atoms with Gasteiger partial charge in [0.05, 0.1) is 16.4 Å². The number of nitrogens with one attached hydrogen (secondary N) is 2. The predicted octanol–water partition coefficient (Wildman–Crippen LogP) is 5.96. The molecule has 0 aliphatic heterocycles. The van der Waals surface area contributed by atoms with Gasteiger partial charge in [-0.1, -0.05) is 35.5 Å². The molecule has 2 aromatic carbocycles. The van der Waals surface area contributed by atoms with Crippen molar-refractivity contribution in [1.82, 2.24) is 15.0 Å². The van der Waals surface area contributed by atoms with Gasteiger partial charge in [0, 0.05) is 46.0 Å². The van der Waals surface area contributed by atoms with E-state index in [2.05, 4.69) is 25.0 Å². The summed E-state index contributed by atoms with van der Waals surface area (Å²) < 4.78 is 43.0. The molecule has 0 saturated heterocycles. The minimum absolute atomic E-state index is 0.0777. The molecule has 1 fully saturated rings. The average molecular weight is 585 g/mol. The molecule has 0 unspecified atom stereocenters. The quantitative estimate of drug-likeness (QED) is 0.232. The summed E-state index contributed by atoms with van der Waals surface area (Å²) in [5.41, 5.74) is 7.48. The van der Waals surface area contributed by atoms with Gasteiger partial charge in [-0.15, -0.1) is 0 Å². The Balaban J connectivity index is 1.34. The molecule has 202 valence electrons. The smallest absolute Gasteiger partial charge is 0.263 e. The number of nitrogens with zero attached hydrogens (tertiary/aromatic N) is 3. The van der Waals surface area contributed by atoms with Gasteiger partial charge >= 0.3 is 0 Å². The predicted molar refractivity (Wildman–Crippen MR) is 152 cm³/mol. The van der Waals surface area contributed by atoms with Gasteiger partial charge in [0.25, 0.3) is 10.0 Å². The van der Waals surface area contributed by atoms with Crippen LogP contribution in [0.3, 0.4) is 0 Å². The summed E-state index contributed by atoms with van der Waals surface area (Å²) in [6.45, 7) is 0. The Morgan fingerprint density at radius 1 is 1.00 bits per heavy atom. The van der Waals surface area contributed by atoms with Crippen LogP contribution in [0, 0.1) is 5.82 Å². The van der Waals surface area contributed by atoms with Crippen LogP contribution in [0.2, 0.25) is 5.02 Å². The van der Waals surface area contributed by atoms with E-state index in [1.165, 1.54) is 36.0 Å². The van der Waals surface area contributed by atoms with Crippen LogP contribution in [-0.2, 0) is 10.0 Å². The standard InChI is InChI=1S/C27H26ClFN6O2S2/c28-21-3-1-2-4-26(21)39(36,37)35-19-9-10-25(22(29)15-19)38-24-12-13-31-16-20(24)23-11-14-32-27(34-23)33-18-7-5-17(30)6-8-18/h1-4,9-18,35H,5-8,30H2,(H,32,33,34). The van der Waals surface area contributed by atoms with Gasteiger partial charge in [-0.05, 0) is 68.1 Å². The summed E-state index contributed by atoms with van der Waals surface area (Å²) in [6.07, 6.45) is 8.85. The summed E-state index contributed by atoms with van der Waals surface area (Å²) in [5.74, 6) is -0.0585. The number of hydrogen-bond donors (Lipinski definition) is 3. The minimum atomic E-state index is -3.98. The Bertz CT molecular complexity index is 1580. The van der Waals surface area contributed by atoms with Gasteiger partial charge in [-0.2, -0.15) is 0 Å². The van der Waals surface area contributed by atoms with Crippen molar-refractivity contribution in [2.45, 2.75) is 52.5 Å². The Hall–Kier alpha value is -3.25. The molecule has 8 nitrogen and oxygen atoms in total. The summed E-state index contributed by atoms with van der Waals surface area (Å²) in [7, 11) is -3.98. The lowest BCUT2D eigenvalue weighted by Gasteiger charge is -2.26. The highest BCUT2D eigenvalue weighted by molar-refractivity contribution is 7.99. The van der Waals surface area contributed by atoms with Crippen molar-refractivity contribution in [1.29, 1.82) is 0 Å². The second-order valence-corrected chi connectivity index (χ2v) is 12.3. The van der Waals surface area contributed by atoms with Crippen molar-refractivity contribution in [2.75, 3.05) is 10.0 Å². The third-order valence-electron chi connectivity index (χ3n) is 6.35. The molecule has 39 heavy (non-hydrogen) atoms. The number of halogens is 2. The van der Waals surface area contributed by atoms with Crippen LogP contribution in [0.25, 0.3) is 11.3 Å². The number of sulfonamides is 1. The maximum Gasteiger partial charge on any atom is 0.263 e. The molecule has 1 aliphatic rings. The average Bonchev–Trinajstić information content (AvgIpc) is 2.92. The zero-order valence-electron chi connectivity index (χ0n) is 20.7. The molecule has 1 aliphatic carbocycles. The van der Waals surface area contributed by atoms with Crippen LogP contribution < -0.4 is 15.8 Å². The lowest BCUT2D eigenvalue weighted by Crippen LogP contribution is -2.33. The van der Waals surface area contributed by atoms with E-state index in [0.717, 1.165) is 42.2 Å². The molecule has 2 aromatic heterocycles. The lowest BCUT2D eigenvalue weighted by molar-refractivity contribution is 0.410. The molecule has 0 amide bonds. The van der Waals surface area contributed by atoms with E-state index in [9.17, 15) is 8.42 Å². The Labute approximate surface area is 235 Å². The largest absolute Gasteiger partial charge is 0.351 e. The molecule has 1 saturated carbocycles. The van der Waals surface area contributed by atoms with E-state index in [1.807, 2.05) is 0 Å². The van der Waals surface area contributed by atoms with E-state index in [4.69, 9.17) is 17.3 Å². The molecular formula is C27H26ClFN6O2S2. The second kappa shape index (κ2) is 11.9. The Morgan fingerprint density at radius 2 is 1.79 bits per heavy atom. The zero-order chi connectivity index (χ0) is 27.4. The van der Waals surface area contributed by atoms with Crippen molar-refractivity contribution in [3.63, 3.8) is 0 Å². The first-order chi connectivity index (χ1) is 18.8. The van der Waals surface area contributed by atoms with Gasteiger partial charge in [-0.3, -0.25) is 9.71 Å². The maximum absolute atomic E-state index is 15.1. The highest BCUT2D eigenvalue weighted by Crippen LogP contribution is 2.37. The van der Waals surface area contributed by atoms with Crippen LogP contribution in [-0.4, -0.2) is 35.5 Å². The van der Waals surface area contributed by atoms with E-state index in [-0.39, 0.29) is 27.7 Å². The van der Waals surface area contributed by atoms with Crippen molar-refractivity contribution < 1.29 is 12.8 Å². The first-order valence-corrected chi connectivity index (χ1v) is 15.0. The van der Waals surface area contributed by atoms with Crippen LogP contribution in [0.4, 0.5) is 16.0 Å². The fraction of sp³-hybridized carbons (Fsp3) is 0.222. The number of benzene rings is 2. The van der Waals surface area contributed by atoms with Crippen LogP contribution in [0.1, 0.15) is 25.7 Å². The SMILES string of the molecule is NC1CCC(Nc2nccc(-c3cnccc3Sc3ccc(NS(=O)(=O)c4ccccc4Cl)cc3F)n2)CC1. The highest BCUT2D eigenvalue weighted by Gasteiger charge is 2.21. The number of hydrogen-bond acceptors (Lipinski definition) is 8. The first kappa shape index (κ1) is 27.3. The zero-order valence-corrected chi connectivity index (χ0v) is 23.1. The Kier molecular flexibility index (Phi) is 8.31. The van der Waals surface area contributed by atoms with Gasteiger partial charge in [0.2, 0.25) is 5.95 Å². The van der Waals surface area contributed by atoms with Crippen molar-refractivity contribution in [2.24, 2.45) is 5.73 Å². The third kappa shape index (κ3) is 6.67. The topological polar surface area (TPSA) is 123 Å². The van der Waals surface area contributed by atoms with Gasteiger partial charge in [0.15, 0.2) is 0 Å². The van der Waals surface area contributed by atoms with Crippen LogP contribution in [0.15, 0.2) is 87.9 Å². The van der Waals surface area contributed by atoms with Gasteiger partial charge in [0.1, 0.15) is 10.7 Å². The number of anilines is 2. The number of aromatic nitrogens is 3. The van der Waals surface area contributed by atoms with E-state index >= 15 is 4.39 Å². The molecule has 5 rings (SSSR count). The molecule has 4 aromatic rings. The van der Waals surface area contributed by atoms with Crippen molar-refractivity contribution in [3.05, 3.63) is 84.0 Å². The lowest BCUT2D eigenvalue weighted by atomic mass is 9.92. The van der Waals surface area contributed by atoms with E-state index in [1.54, 1.807) is 42.9 Å². The molecule has 0 spiro atoms. The number of nitrogens with two attached hydrogens (primary N) is 1. The van der Waals surface area contributed by atoms with Gasteiger partial charge in [-0.25, -0.2) is 22.8 Å². The molecule has 12 heteroatoms. The Morgan fingerprint density at radius 3 is 2.56 bits per heavy atom. The molecular weight excluding hydrogens is 559 g/mol. The van der Waals surface area contributed by atoms with Crippen molar-refractivity contribution >= 4 is 45.0 Å². The fourth-order valence-electron chi connectivity index (χ4n) is 4.33. The monoisotopic (exact) mass is 584 g/mol. The van der Waals surface area contributed by atoms with E-state index < -0.39 is 15.8 Å². The van der Waals surface area contributed by atoms with E-state index in [0.29, 0.717) is 16.5 Å². The number of pyridine rings is 1. The van der Waals surface area contributed by atoms with Crippen LogP contribution in [0.5, 0.6) is 0 Å². The van der Waals surface area contributed by atoms with Crippen molar-refractivity contribution in [3.8, 4) is 11.3 Å². The summed E-state index contributed by atoms with van der Waals surface area (Å²) in [4.78, 5) is 14.3. The normalized spacial score (nSPS) is 17.5. The minimum Gasteiger partial charge on any atom is -0.351 e. The fourth-order valence-corrected chi connectivity index (χ4v) is 6.82. The van der Waals surface area contributed by atoms with Gasteiger partial charge < -0.3 is 11.1 Å². The molecule has 0 atom stereocenters. The first-order valence-electron chi connectivity index (χ1n) is 12.3. The summed E-state index contributed by atoms with van der Waals surface area (Å²) in [5, 5.41) is 3.48. The van der Waals surface area contributed by atoms with Crippen LogP contribution >= 0.6 is 23.4 Å². The molecule has 0 radical (unpaired) electrons. The summed E-state index contributed by atoms with van der Waals surface area (Å²) >= 11 is 7.23. The molecule has 2 heterocycles. The summed E-state index contributed by atoms with van der Waals surface area (Å²) in [6, 6.07) is 14.3.